The highest BCUT2D eigenvalue weighted by atomic mass is 16.4. The normalized spacial score (nSPS) is 13.0. The van der Waals surface area contributed by atoms with Crippen LogP contribution in [0.15, 0.2) is 27.4 Å². The smallest absolute Gasteiger partial charge is 0.408 e. The number of benzene rings is 1. The molecule has 2 aromatic rings. The number of oxazole rings is 1. The topological polar surface area (TPSA) is 58.0 Å². The highest BCUT2D eigenvalue weighted by Gasteiger charge is 2.06. The van der Waals surface area contributed by atoms with Gasteiger partial charge in [0, 0.05) is 6.04 Å². The van der Waals surface area contributed by atoms with Gasteiger partial charge in [-0.2, -0.15) is 0 Å². The Bertz CT molecular complexity index is 556. The first-order valence-corrected chi connectivity index (χ1v) is 6.54. The summed E-state index contributed by atoms with van der Waals surface area (Å²) in [4.78, 5) is 13.7. The third-order valence-corrected chi connectivity index (χ3v) is 3.05. The average Bonchev–Trinajstić information content (AvgIpc) is 2.69. The molecule has 4 heteroatoms. The molecule has 0 radical (unpaired) electrons. The summed E-state index contributed by atoms with van der Waals surface area (Å²) in [7, 11) is 0. The van der Waals surface area contributed by atoms with Crippen LogP contribution in [0.25, 0.3) is 11.1 Å². The third kappa shape index (κ3) is 3.23. The van der Waals surface area contributed by atoms with Gasteiger partial charge in [0.05, 0.1) is 5.52 Å². The van der Waals surface area contributed by atoms with E-state index in [1.54, 1.807) is 0 Å². The molecule has 1 aromatic heterocycles. The van der Waals surface area contributed by atoms with Crippen molar-refractivity contribution in [3.05, 3.63) is 34.3 Å². The van der Waals surface area contributed by atoms with Gasteiger partial charge in [0.15, 0.2) is 5.58 Å². The summed E-state index contributed by atoms with van der Waals surface area (Å²) in [5.41, 5.74) is 2.58. The summed E-state index contributed by atoms with van der Waals surface area (Å²) in [5.74, 6) is -0.392. The molecule has 0 aliphatic heterocycles. The Morgan fingerprint density at radius 1 is 1.44 bits per heavy atom. The lowest BCUT2D eigenvalue weighted by Gasteiger charge is -2.13. The second-order valence-electron chi connectivity index (χ2n) is 4.76. The Kier molecular flexibility index (Phi) is 4.20. The van der Waals surface area contributed by atoms with Crippen molar-refractivity contribution in [1.82, 2.24) is 10.3 Å². The van der Waals surface area contributed by atoms with E-state index in [-0.39, 0.29) is 0 Å². The predicted octanol–water partition coefficient (Wildman–Crippen LogP) is 2.44. The van der Waals surface area contributed by atoms with Gasteiger partial charge in [-0.25, -0.2) is 4.79 Å². The molecule has 0 amide bonds. The number of H-pyrrole nitrogens is 1. The summed E-state index contributed by atoms with van der Waals surface area (Å²) in [6.07, 6.45) is 3.35. The van der Waals surface area contributed by atoms with Gasteiger partial charge in [0.1, 0.15) is 0 Å². The molecule has 98 valence electrons. The minimum absolute atomic E-state index is 0.392. The molecular formula is C14H20N2O2. The van der Waals surface area contributed by atoms with E-state index in [9.17, 15) is 4.79 Å². The predicted molar refractivity (Wildman–Crippen MR) is 72.9 cm³/mol. The molecule has 2 rings (SSSR count). The summed E-state index contributed by atoms with van der Waals surface area (Å²) in [6.45, 7) is 5.42. The van der Waals surface area contributed by atoms with Gasteiger partial charge in [-0.3, -0.25) is 4.98 Å². The highest BCUT2D eigenvalue weighted by molar-refractivity contribution is 5.72. The van der Waals surface area contributed by atoms with E-state index in [4.69, 9.17) is 4.42 Å². The fourth-order valence-electron chi connectivity index (χ4n) is 2.07. The van der Waals surface area contributed by atoms with Crippen LogP contribution in [-0.2, 0) is 6.42 Å². The quantitative estimate of drug-likeness (QED) is 0.772. The van der Waals surface area contributed by atoms with Gasteiger partial charge in [0.25, 0.3) is 0 Å². The number of aromatic nitrogens is 1. The molecular weight excluding hydrogens is 228 g/mol. The van der Waals surface area contributed by atoms with Crippen molar-refractivity contribution in [2.45, 2.75) is 39.2 Å². The fraction of sp³-hybridized carbons (Fsp3) is 0.500. The lowest BCUT2D eigenvalue weighted by atomic mass is 10.1. The standard InChI is InChI=1S/C14H20N2O2/c1-3-4-7-15-10(2)8-11-5-6-12-13(9-11)18-14(17)16-12/h5-6,9-10,15H,3-4,7-8H2,1-2H3,(H,16,17). The van der Waals surface area contributed by atoms with Crippen molar-refractivity contribution in [1.29, 1.82) is 0 Å². The van der Waals surface area contributed by atoms with E-state index in [0.29, 0.717) is 11.6 Å². The molecule has 0 aliphatic rings. The molecule has 0 spiro atoms. The summed E-state index contributed by atoms with van der Waals surface area (Å²) >= 11 is 0. The van der Waals surface area contributed by atoms with Crippen molar-refractivity contribution in [3.63, 3.8) is 0 Å². The second-order valence-corrected chi connectivity index (χ2v) is 4.76. The van der Waals surface area contributed by atoms with Crippen molar-refractivity contribution >= 4 is 11.1 Å². The monoisotopic (exact) mass is 248 g/mol. The van der Waals surface area contributed by atoms with E-state index in [2.05, 4.69) is 24.1 Å². The van der Waals surface area contributed by atoms with Crippen molar-refractivity contribution in [2.75, 3.05) is 6.54 Å². The van der Waals surface area contributed by atoms with Crippen LogP contribution >= 0.6 is 0 Å². The van der Waals surface area contributed by atoms with Crippen LogP contribution in [0.4, 0.5) is 0 Å². The zero-order valence-corrected chi connectivity index (χ0v) is 11.0. The first kappa shape index (κ1) is 12.9. The van der Waals surface area contributed by atoms with Crippen molar-refractivity contribution < 1.29 is 4.42 Å². The largest absolute Gasteiger partial charge is 0.417 e. The molecule has 1 aromatic carbocycles. The van der Waals surface area contributed by atoms with Crippen LogP contribution in [0, 0.1) is 0 Å². The van der Waals surface area contributed by atoms with Gasteiger partial charge >= 0.3 is 5.76 Å². The Balaban J connectivity index is 2.00. The second kappa shape index (κ2) is 5.87. The number of fused-ring (bicyclic) bond motifs is 1. The Hall–Kier alpha value is -1.55. The van der Waals surface area contributed by atoms with Crippen LogP contribution < -0.4 is 11.1 Å². The van der Waals surface area contributed by atoms with E-state index in [1.165, 1.54) is 18.4 Å². The van der Waals surface area contributed by atoms with Gasteiger partial charge in [-0.1, -0.05) is 19.4 Å². The van der Waals surface area contributed by atoms with E-state index < -0.39 is 5.76 Å². The number of hydrogen-bond acceptors (Lipinski definition) is 3. The summed E-state index contributed by atoms with van der Waals surface area (Å²) in [5, 5.41) is 3.49. The molecule has 0 saturated carbocycles. The Labute approximate surface area is 106 Å². The molecule has 0 saturated heterocycles. The van der Waals surface area contributed by atoms with Crippen LogP contribution in [0.1, 0.15) is 32.3 Å². The SMILES string of the molecule is CCCCNC(C)Cc1ccc2[nH]c(=O)oc2c1. The molecule has 0 bridgehead atoms. The Morgan fingerprint density at radius 3 is 3.06 bits per heavy atom. The number of hydrogen-bond donors (Lipinski definition) is 2. The zero-order valence-electron chi connectivity index (χ0n) is 11.0. The maximum Gasteiger partial charge on any atom is 0.417 e. The van der Waals surface area contributed by atoms with Crippen molar-refractivity contribution in [3.8, 4) is 0 Å². The highest BCUT2D eigenvalue weighted by Crippen LogP contribution is 2.13. The lowest BCUT2D eigenvalue weighted by Crippen LogP contribution is -2.28. The van der Waals surface area contributed by atoms with Crippen molar-refractivity contribution in [2.24, 2.45) is 0 Å². The van der Waals surface area contributed by atoms with E-state index in [0.717, 1.165) is 18.5 Å². The van der Waals surface area contributed by atoms with Gasteiger partial charge in [0.2, 0.25) is 0 Å². The van der Waals surface area contributed by atoms with Gasteiger partial charge in [-0.15, -0.1) is 0 Å². The van der Waals surface area contributed by atoms with E-state index in [1.807, 2.05) is 18.2 Å². The fourth-order valence-corrected chi connectivity index (χ4v) is 2.07. The summed E-state index contributed by atoms with van der Waals surface area (Å²) < 4.78 is 5.06. The molecule has 18 heavy (non-hydrogen) atoms. The Morgan fingerprint density at radius 2 is 2.28 bits per heavy atom. The number of aromatic amines is 1. The molecule has 1 heterocycles. The minimum Gasteiger partial charge on any atom is -0.408 e. The van der Waals surface area contributed by atoms with Crippen LogP contribution in [0.5, 0.6) is 0 Å². The molecule has 1 unspecified atom stereocenters. The lowest BCUT2D eigenvalue weighted by molar-refractivity contribution is 0.530. The summed E-state index contributed by atoms with van der Waals surface area (Å²) in [6, 6.07) is 6.30. The first-order chi connectivity index (χ1) is 8.69. The van der Waals surface area contributed by atoms with Gasteiger partial charge < -0.3 is 9.73 Å². The maximum absolute atomic E-state index is 11.1. The molecule has 0 aliphatic carbocycles. The van der Waals surface area contributed by atoms with Crippen LogP contribution in [0.3, 0.4) is 0 Å². The molecule has 0 fully saturated rings. The first-order valence-electron chi connectivity index (χ1n) is 6.54. The molecule has 1 atom stereocenters. The number of nitrogens with one attached hydrogen (secondary N) is 2. The number of unbranched alkanes of at least 4 members (excludes halogenated alkanes) is 1. The number of rotatable bonds is 6. The van der Waals surface area contributed by atoms with E-state index >= 15 is 0 Å². The zero-order chi connectivity index (χ0) is 13.0. The minimum atomic E-state index is -0.392. The average molecular weight is 248 g/mol. The maximum atomic E-state index is 11.1. The van der Waals surface area contributed by atoms with Crippen LogP contribution in [0.2, 0.25) is 0 Å². The van der Waals surface area contributed by atoms with Crippen LogP contribution in [-0.4, -0.2) is 17.6 Å². The molecule has 2 N–H and O–H groups in total. The molecule has 4 nitrogen and oxygen atoms in total. The van der Waals surface area contributed by atoms with Gasteiger partial charge in [-0.05, 0) is 44.0 Å². The third-order valence-electron chi connectivity index (χ3n) is 3.05.